The van der Waals surface area contributed by atoms with Crippen LogP contribution < -0.4 is 10.5 Å². The Morgan fingerprint density at radius 3 is 2.71 bits per heavy atom. The van der Waals surface area contributed by atoms with Gasteiger partial charge in [-0.15, -0.1) is 0 Å². The quantitative estimate of drug-likeness (QED) is 0.896. The van der Waals surface area contributed by atoms with Gasteiger partial charge < -0.3 is 5.73 Å². The van der Waals surface area contributed by atoms with E-state index in [0.29, 0.717) is 11.5 Å². The molecule has 2 rings (SSSR count). The van der Waals surface area contributed by atoms with Crippen molar-refractivity contribution in [2.75, 3.05) is 0 Å². The molecule has 1 fully saturated rings. The average Bonchev–Trinajstić information content (AvgIpc) is 2.44. The summed E-state index contributed by atoms with van der Waals surface area (Å²) in [5, 5.41) is 0. The summed E-state index contributed by atoms with van der Waals surface area (Å²) in [6, 6.07) is 3.60. The molecule has 1 aliphatic rings. The van der Waals surface area contributed by atoms with Crippen LogP contribution in [0, 0.1) is 17.7 Å². The maximum Gasteiger partial charge on any atom is 0.241 e. The number of hydrogen-bond acceptors (Lipinski definition) is 3. The molecule has 21 heavy (non-hydrogen) atoms. The summed E-state index contributed by atoms with van der Waals surface area (Å²) in [4.78, 5) is -0.0459. The van der Waals surface area contributed by atoms with E-state index >= 15 is 0 Å². The second-order valence-electron chi connectivity index (χ2n) is 5.95. The van der Waals surface area contributed by atoms with Crippen molar-refractivity contribution in [3.8, 4) is 0 Å². The van der Waals surface area contributed by atoms with Crippen LogP contribution in [0.3, 0.4) is 0 Å². The van der Waals surface area contributed by atoms with Crippen molar-refractivity contribution in [2.24, 2.45) is 17.6 Å². The SMILES string of the molecule is CC1CCCC(NS(=O)(=O)c2cc(F)ccc2CN)C1C. The lowest BCUT2D eigenvalue weighted by Crippen LogP contribution is -2.43. The Bertz CT molecular complexity index is 604. The molecule has 1 saturated carbocycles. The van der Waals surface area contributed by atoms with Crippen molar-refractivity contribution >= 4 is 10.0 Å². The highest BCUT2D eigenvalue weighted by Gasteiger charge is 2.31. The fourth-order valence-corrected chi connectivity index (χ4v) is 4.58. The molecule has 4 nitrogen and oxygen atoms in total. The van der Waals surface area contributed by atoms with Crippen molar-refractivity contribution in [3.63, 3.8) is 0 Å². The van der Waals surface area contributed by atoms with Gasteiger partial charge in [-0.05, 0) is 36.0 Å². The van der Waals surface area contributed by atoms with E-state index in [1.54, 1.807) is 0 Å². The van der Waals surface area contributed by atoms with E-state index in [0.717, 1.165) is 25.3 Å². The molecule has 0 spiro atoms. The van der Waals surface area contributed by atoms with Gasteiger partial charge in [-0.3, -0.25) is 0 Å². The Balaban J connectivity index is 2.28. The molecular formula is C15H23FN2O2S. The van der Waals surface area contributed by atoms with E-state index in [1.165, 1.54) is 12.1 Å². The average molecular weight is 314 g/mol. The van der Waals surface area contributed by atoms with E-state index < -0.39 is 15.8 Å². The predicted molar refractivity (Wildman–Crippen MR) is 80.6 cm³/mol. The summed E-state index contributed by atoms with van der Waals surface area (Å²) in [7, 11) is -3.75. The summed E-state index contributed by atoms with van der Waals surface area (Å²) >= 11 is 0. The Kier molecular flexibility index (Phi) is 5.01. The largest absolute Gasteiger partial charge is 0.326 e. The van der Waals surface area contributed by atoms with Gasteiger partial charge in [0.05, 0.1) is 4.90 Å². The molecule has 0 bridgehead atoms. The van der Waals surface area contributed by atoms with Gasteiger partial charge in [0.25, 0.3) is 0 Å². The van der Waals surface area contributed by atoms with Crippen LogP contribution in [-0.2, 0) is 16.6 Å². The molecule has 0 radical (unpaired) electrons. The minimum Gasteiger partial charge on any atom is -0.326 e. The van der Waals surface area contributed by atoms with Crippen LogP contribution in [0.15, 0.2) is 23.1 Å². The number of nitrogens with one attached hydrogen (secondary N) is 1. The zero-order valence-electron chi connectivity index (χ0n) is 12.5. The van der Waals surface area contributed by atoms with Gasteiger partial charge in [0, 0.05) is 12.6 Å². The minimum atomic E-state index is -3.75. The van der Waals surface area contributed by atoms with Gasteiger partial charge in [-0.2, -0.15) is 0 Å². The van der Waals surface area contributed by atoms with E-state index in [4.69, 9.17) is 5.73 Å². The highest BCUT2D eigenvalue weighted by Crippen LogP contribution is 2.30. The molecule has 1 aromatic rings. The van der Waals surface area contributed by atoms with Crippen LogP contribution in [0.2, 0.25) is 0 Å². The molecule has 118 valence electrons. The molecule has 0 aliphatic heterocycles. The van der Waals surface area contributed by atoms with Crippen molar-refractivity contribution in [1.29, 1.82) is 0 Å². The first kappa shape index (κ1) is 16.4. The topological polar surface area (TPSA) is 72.2 Å². The highest BCUT2D eigenvalue weighted by molar-refractivity contribution is 7.89. The lowest BCUT2D eigenvalue weighted by Gasteiger charge is -2.34. The monoisotopic (exact) mass is 314 g/mol. The summed E-state index contributed by atoms with van der Waals surface area (Å²) in [5.74, 6) is 0.175. The third kappa shape index (κ3) is 3.62. The fraction of sp³-hybridized carbons (Fsp3) is 0.600. The maximum absolute atomic E-state index is 13.4. The molecule has 3 unspecified atom stereocenters. The first-order chi connectivity index (χ1) is 9.85. The number of rotatable bonds is 4. The van der Waals surface area contributed by atoms with Crippen LogP contribution in [0.25, 0.3) is 0 Å². The van der Waals surface area contributed by atoms with Crippen molar-refractivity contribution < 1.29 is 12.8 Å². The molecule has 0 heterocycles. The molecule has 0 amide bonds. The summed E-state index contributed by atoms with van der Waals surface area (Å²) in [6.07, 6.45) is 2.94. The molecule has 0 aromatic heterocycles. The summed E-state index contributed by atoms with van der Waals surface area (Å²) in [5.41, 5.74) is 6.00. The molecule has 0 saturated heterocycles. The van der Waals surface area contributed by atoms with Crippen LogP contribution in [0.5, 0.6) is 0 Å². The summed E-state index contributed by atoms with van der Waals surface area (Å²) in [6.45, 7) is 4.26. The highest BCUT2D eigenvalue weighted by atomic mass is 32.2. The third-order valence-corrected chi connectivity index (χ3v) is 6.12. The van der Waals surface area contributed by atoms with Gasteiger partial charge in [-0.1, -0.05) is 32.8 Å². The molecule has 3 atom stereocenters. The minimum absolute atomic E-state index is 0.0459. The number of halogens is 1. The van der Waals surface area contributed by atoms with Crippen LogP contribution in [0.4, 0.5) is 4.39 Å². The second kappa shape index (κ2) is 6.42. The molecule has 3 N–H and O–H groups in total. The van der Waals surface area contributed by atoms with E-state index in [-0.39, 0.29) is 23.4 Å². The van der Waals surface area contributed by atoms with Gasteiger partial charge in [-0.25, -0.2) is 17.5 Å². The second-order valence-corrected chi connectivity index (χ2v) is 7.63. The van der Waals surface area contributed by atoms with Gasteiger partial charge in [0.2, 0.25) is 10.0 Å². The number of sulfonamides is 1. The maximum atomic E-state index is 13.4. The van der Waals surface area contributed by atoms with Crippen LogP contribution in [0.1, 0.15) is 38.7 Å². The predicted octanol–water partition coefficient (Wildman–Crippen LogP) is 2.39. The number of benzene rings is 1. The Labute approximate surface area is 126 Å². The van der Waals surface area contributed by atoms with Crippen molar-refractivity contribution in [2.45, 2.75) is 50.6 Å². The van der Waals surface area contributed by atoms with Gasteiger partial charge >= 0.3 is 0 Å². The zero-order chi connectivity index (χ0) is 15.6. The zero-order valence-corrected chi connectivity index (χ0v) is 13.3. The number of hydrogen-bond donors (Lipinski definition) is 2. The fourth-order valence-electron chi connectivity index (χ4n) is 2.96. The summed E-state index contributed by atoms with van der Waals surface area (Å²) < 4.78 is 41.2. The van der Waals surface area contributed by atoms with E-state index in [9.17, 15) is 12.8 Å². The molecule has 1 aromatic carbocycles. The van der Waals surface area contributed by atoms with Gasteiger partial charge in [0.1, 0.15) is 5.82 Å². The third-order valence-electron chi connectivity index (χ3n) is 4.55. The van der Waals surface area contributed by atoms with Crippen molar-refractivity contribution in [1.82, 2.24) is 4.72 Å². The Morgan fingerprint density at radius 2 is 2.05 bits per heavy atom. The number of nitrogens with two attached hydrogens (primary N) is 1. The van der Waals surface area contributed by atoms with Gasteiger partial charge in [0.15, 0.2) is 0 Å². The first-order valence-electron chi connectivity index (χ1n) is 7.36. The van der Waals surface area contributed by atoms with Crippen LogP contribution in [-0.4, -0.2) is 14.5 Å². The standard InChI is InChI=1S/C15H23FN2O2S/c1-10-4-3-5-14(11(10)2)18-21(19,20)15-8-13(16)7-6-12(15)9-17/h6-8,10-11,14,18H,3-5,9,17H2,1-2H3. The van der Waals surface area contributed by atoms with Crippen molar-refractivity contribution in [3.05, 3.63) is 29.6 Å². The lowest BCUT2D eigenvalue weighted by atomic mass is 9.78. The lowest BCUT2D eigenvalue weighted by molar-refractivity contribution is 0.227. The smallest absolute Gasteiger partial charge is 0.241 e. The Hall–Kier alpha value is -0.980. The Morgan fingerprint density at radius 1 is 1.33 bits per heavy atom. The van der Waals surface area contributed by atoms with E-state index in [1.807, 2.05) is 0 Å². The molecule has 1 aliphatic carbocycles. The van der Waals surface area contributed by atoms with E-state index in [2.05, 4.69) is 18.6 Å². The molecular weight excluding hydrogens is 291 g/mol. The molecule has 6 heteroatoms. The first-order valence-corrected chi connectivity index (χ1v) is 8.84. The normalized spacial score (nSPS) is 26.8. The van der Waals surface area contributed by atoms with Crippen LogP contribution >= 0.6 is 0 Å².